The summed E-state index contributed by atoms with van der Waals surface area (Å²) in [6, 6.07) is 32.5. The van der Waals surface area contributed by atoms with E-state index in [1.165, 1.54) is 12.1 Å². The molecule has 0 heterocycles. The Hall–Kier alpha value is -4.15. The maximum Gasteiger partial charge on any atom is 0.416 e. The Morgan fingerprint density at radius 2 is 1.33 bits per heavy atom. The third-order valence-electron chi connectivity index (χ3n) is 5.44. The second kappa shape index (κ2) is 12.1. The number of esters is 1. The summed E-state index contributed by atoms with van der Waals surface area (Å²) >= 11 is 0. The van der Waals surface area contributed by atoms with Crippen molar-refractivity contribution in [1.29, 1.82) is 0 Å². The predicted molar refractivity (Wildman–Crippen MR) is 145 cm³/mol. The summed E-state index contributed by atoms with van der Waals surface area (Å²) in [7, 11) is -0.359. The zero-order valence-electron chi connectivity index (χ0n) is 21.4. The molecule has 0 radical (unpaired) electrons. The first-order chi connectivity index (χ1) is 18.6. The highest BCUT2D eigenvalue weighted by molar-refractivity contribution is 7.97. The second-order valence-corrected chi connectivity index (χ2v) is 11.0. The smallest absolute Gasteiger partial charge is 0.416 e. The van der Waals surface area contributed by atoms with Crippen LogP contribution in [0.25, 0.3) is 0 Å². The van der Waals surface area contributed by atoms with Crippen molar-refractivity contribution in [3.8, 4) is 17.6 Å². The van der Waals surface area contributed by atoms with Crippen LogP contribution in [-0.2, 0) is 26.6 Å². The Labute approximate surface area is 228 Å². The number of hydrogen-bond donors (Lipinski definition) is 0. The minimum Gasteiger partial charge on any atom is -0.482 e. The fourth-order valence-electron chi connectivity index (χ4n) is 3.66. The lowest BCUT2D eigenvalue weighted by molar-refractivity contribution is -0.154. The average molecular weight is 548 g/mol. The quantitative estimate of drug-likeness (QED) is 0.136. The van der Waals surface area contributed by atoms with Gasteiger partial charge in [-0.2, -0.15) is 13.2 Å². The fourth-order valence-corrected chi connectivity index (χ4v) is 5.78. The van der Waals surface area contributed by atoms with E-state index in [2.05, 4.69) is 36.1 Å². The lowest BCUT2D eigenvalue weighted by atomic mass is 10.1. The lowest BCUT2D eigenvalue weighted by Gasteiger charge is -2.19. The molecule has 3 nitrogen and oxygen atoms in total. The van der Waals surface area contributed by atoms with Gasteiger partial charge in [0.1, 0.15) is 5.75 Å². The first-order valence-electron chi connectivity index (χ1n) is 12.1. The van der Waals surface area contributed by atoms with Crippen molar-refractivity contribution in [2.75, 3.05) is 6.61 Å². The Kier molecular flexibility index (Phi) is 8.68. The first-order valence-corrected chi connectivity index (χ1v) is 13.3. The molecule has 0 aromatic heterocycles. The summed E-state index contributed by atoms with van der Waals surface area (Å²) in [5.74, 6) is 5.47. The van der Waals surface area contributed by atoms with Gasteiger partial charge in [-0.15, -0.1) is 0 Å². The topological polar surface area (TPSA) is 35.5 Å². The van der Waals surface area contributed by atoms with Crippen LogP contribution >= 0.6 is 0 Å². The van der Waals surface area contributed by atoms with Crippen molar-refractivity contribution in [3.05, 3.63) is 120 Å². The van der Waals surface area contributed by atoms with Gasteiger partial charge in [0, 0.05) is 11.6 Å². The molecular formula is C32H26F3O3S+. The molecular weight excluding hydrogens is 521 g/mol. The SMILES string of the molecule is CC(C)(C#Cc1ccc(C(F)(F)F)cc1)OC(=O)COc1cccc([S+](c2ccccc2)c2ccccc2)c1. The average Bonchev–Trinajstić information content (AvgIpc) is 2.92. The van der Waals surface area contributed by atoms with Gasteiger partial charge in [0.25, 0.3) is 0 Å². The summed E-state index contributed by atoms with van der Waals surface area (Å²) in [5, 5.41) is 0. The predicted octanol–water partition coefficient (Wildman–Crippen LogP) is 7.55. The number of hydrogen-bond acceptors (Lipinski definition) is 3. The zero-order valence-corrected chi connectivity index (χ0v) is 22.2. The van der Waals surface area contributed by atoms with Gasteiger partial charge in [-0.1, -0.05) is 54.3 Å². The fraction of sp³-hybridized carbons (Fsp3) is 0.156. The number of ether oxygens (including phenoxy) is 2. The molecule has 0 aliphatic carbocycles. The summed E-state index contributed by atoms with van der Waals surface area (Å²) in [6.45, 7) is 2.89. The third-order valence-corrected chi connectivity index (χ3v) is 7.66. The number of benzene rings is 4. The normalized spacial score (nSPS) is 11.4. The highest BCUT2D eigenvalue weighted by Crippen LogP contribution is 2.33. The largest absolute Gasteiger partial charge is 0.482 e. The van der Waals surface area contributed by atoms with Crippen LogP contribution in [0.3, 0.4) is 0 Å². The van der Waals surface area contributed by atoms with Gasteiger partial charge in [0.2, 0.25) is 0 Å². The molecule has 0 saturated carbocycles. The molecule has 39 heavy (non-hydrogen) atoms. The maximum atomic E-state index is 12.7. The van der Waals surface area contributed by atoms with Crippen LogP contribution in [0.4, 0.5) is 13.2 Å². The van der Waals surface area contributed by atoms with Gasteiger partial charge in [-0.25, -0.2) is 4.79 Å². The molecule has 0 amide bonds. The number of carbonyl (C=O) groups is 1. The van der Waals surface area contributed by atoms with E-state index in [9.17, 15) is 18.0 Å². The van der Waals surface area contributed by atoms with Crippen LogP contribution < -0.4 is 4.74 Å². The van der Waals surface area contributed by atoms with Crippen LogP contribution in [0.5, 0.6) is 5.75 Å². The van der Waals surface area contributed by atoms with Gasteiger partial charge in [0.15, 0.2) is 26.9 Å². The van der Waals surface area contributed by atoms with Crippen LogP contribution in [0, 0.1) is 11.8 Å². The van der Waals surface area contributed by atoms with Gasteiger partial charge >= 0.3 is 12.1 Å². The molecule has 198 valence electrons. The van der Waals surface area contributed by atoms with Gasteiger partial charge in [-0.05, 0) is 74.5 Å². The van der Waals surface area contributed by atoms with E-state index in [0.717, 1.165) is 26.8 Å². The van der Waals surface area contributed by atoms with E-state index in [4.69, 9.17) is 9.47 Å². The van der Waals surface area contributed by atoms with Crippen LogP contribution in [-0.4, -0.2) is 18.2 Å². The van der Waals surface area contributed by atoms with E-state index >= 15 is 0 Å². The minimum atomic E-state index is -4.41. The van der Waals surface area contributed by atoms with Gasteiger partial charge in [-0.3, -0.25) is 0 Å². The van der Waals surface area contributed by atoms with Crippen molar-refractivity contribution < 1.29 is 27.4 Å². The molecule has 7 heteroatoms. The molecule has 0 bridgehead atoms. The Balaban J connectivity index is 1.41. The van der Waals surface area contributed by atoms with E-state index in [1.54, 1.807) is 19.9 Å². The van der Waals surface area contributed by atoms with Crippen molar-refractivity contribution >= 4 is 16.9 Å². The number of carbonyl (C=O) groups excluding carboxylic acids is 1. The first kappa shape index (κ1) is 27.9. The summed E-state index contributed by atoms with van der Waals surface area (Å²) in [4.78, 5) is 15.9. The Morgan fingerprint density at radius 1 is 0.769 bits per heavy atom. The highest BCUT2D eigenvalue weighted by Gasteiger charge is 2.30. The molecule has 0 fully saturated rings. The van der Waals surface area contributed by atoms with E-state index in [-0.39, 0.29) is 17.5 Å². The molecule has 0 aliphatic heterocycles. The molecule has 0 aliphatic rings. The molecule has 0 saturated heterocycles. The van der Waals surface area contributed by atoms with Gasteiger partial charge < -0.3 is 9.47 Å². The molecule has 4 rings (SSSR count). The van der Waals surface area contributed by atoms with Crippen molar-refractivity contribution in [1.82, 2.24) is 0 Å². The van der Waals surface area contributed by atoms with Crippen molar-refractivity contribution in [2.24, 2.45) is 0 Å². The molecule has 4 aromatic carbocycles. The van der Waals surface area contributed by atoms with E-state index in [0.29, 0.717) is 11.3 Å². The summed E-state index contributed by atoms with van der Waals surface area (Å²) < 4.78 is 49.5. The monoisotopic (exact) mass is 547 g/mol. The summed E-state index contributed by atoms with van der Waals surface area (Å²) in [5.41, 5.74) is -1.54. The standard InChI is InChI=1S/C32H26F3O3S/c1-31(2,21-20-24-16-18-25(19-17-24)32(33,34)35)38-30(36)23-37-26-10-9-15-29(22-26)39(27-11-5-3-6-12-27)28-13-7-4-8-14-28/h3-19,22H,23H2,1-2H3/q+1. The van der Waals surface area contributed by atoms with Crippen LogP contribution in [0.15, 0.2) is 124 Å². The third kappa shape index (κ3) is 7.92. The zero-order chi connectivity index (χ0) is 27.9. The van der Waals surface area contributed by atoms with Crippen LogP contribution in [0.2, 0.25) is 0 Å². The van der Waals surface area contributed by atoms with Crippen molar-refractivity contribution in [2.45, 2.75) is 40.3 Å². The van der Waals surface area contributed by atoms with Gasteiger partial charge in [0.05, 0.1) is 16.5 Å². The van der Waals surface area contributed by atoms with E-state index in [1.807, 2.05) is 54.6 Å². The van der Waals surface area contributed by atoms with Crippen LogP contribution in [0.1, 0.15) is 25.0 Å². The lowest BCUT2D eigenvalue weighted by Crippen LogP contribution is -2.29. The second-order valence-electron chi connectivity index (χ2n) is 9.01. The number of rotatable bonds is 7. The van der Waals surface area contributed by atoms with E-state index < -0.39 is 23.3 Å². The summed E-state index contributed by atoms with van der Waals surface area (Å²) in [6.07, 6.45) is -4.41. The number of alkyl halides is 3. The van der Waals surface area contributed by atoms with Crippen molar-refractivity contribution in [3.63, 3.8) is 0 Å². The molecule has 4 aromatic rings. The highest BCUT2D eigenvalue weighted by atomic mass is 32.2. The molecule has 0 N–H and O–H groups in total. The molecule has 0 atom stereocenters. The number of halogens is 3. The molecule has 0 spiro atoms. The Bertz CT molecular complexity index is 1420. The minimum absolute atomic E-state index is 0.320. The Morgan fingerprint density at radius 3 is 1.90 bits per heavy atom. The maximum absolute atomic E-state index is 12.7. The molecule has 0 unspecified atom stereocenters.